The van der Waals surface area contributed by atoms with Crippen LogP contribution in [0.4, 0.5) is 0 Å². The van der Waals surface area contributed by atoms with E-state index in [-0.39, 0.29) is 11.3 Å². The Hall–Kier alpha value is -1.32. The zero-order valence-corrected chi connectivity index (χ0v) is 14.3. The maximum Gasteiger partial charge on any atom is 0.230 e. The van der Waals surface area contributed by atoms with Crippen LogP contribution >= 0.6 is 0 Å². The SMILES string of the molecule is C=CCC(=O)N1CC[C@]2(CCCN(CC3CCCCC3)C2=O)C1. The van der Waals surface area contributed by atoms with Gasteiger partial charge >= 0.3 is 0 Å². The fraction of sp³-hybridized carbons (Fsp3) is 0.789. The predicted octanol–water partition coefficient (Wildman–Crippen LogP) is 2.98. The number of hydrogen-bond donors (Lipinski definition) is 0. The Labute approximate surface area is 139 Å². The minimum Gasteiger partial charge on any atom is -0.342 e. The van der Waals surface area contributed by atoms with E-state index in [1.54, 1.807) is 6.08 Å². The van der Waals surface area contributed by atoms with Gasteiger partial charge in [-0.25, -0.2) is 0 Å². The van der Waals surface area contributed by atoms with Gasteiger partial charge in [-0.1, -0.05) is 25.3 Å². The molecule has 1 spiro atoms. The van der Waals surface area contributed by atoms with Crippen LogP contribution in [-0.4, -0.2) is 47.8 Å². The van der Waals surface area contributed by atoms with Crippen molar-refractivity contribution in [2.24, 2.45) is 11.3 Å². The van der Waals surface area contributed by atoms with E-state index in [0.717, 1.165) is 38.9 Å². The number of carbonyl (C=O) groups excluding carboxylic acids is 2. The van der Waals surface area contributed by atoms with E-state index in [0.29, 0.717) is 24.8 Å². The molecule has 2 amide bonds. The molecule has 0 N–H and O–H groups in total. The highest BCUT2D eigenvalue weighted by molar-refractivity contribution is 5.86. The van der Waals surface area contributed by atoms with Crippen molar-refractivity contribution >= 4 is 11.8 Å². The summed E-state index contributed by atoms with van der Waals surface area (Å²) >= 11 is 0. The van der Waals surface area contributed by atoms with Crippen LogP contribution < -0.4 is 0 Å². The molecule has 3 fully saturated rings. The van der Waals surface area contributed by atoms with Gasteiger partial charge in [-0.15, -0.1) is 6.58 Å². The molecule has 0 unspecified atom stereocenters. The quantitative estimate of drug-likeness (QED) is 0.748. The summed E-state index contributed by atoms with van der Waals surface area (Å²) in [6.07, 6.45) is 11.5. The summed E-state index contributed by atoms with van der Waals surface area (Å²) in [7, 11) is 0. The first-order chi connectivity index (χ1) is 11.1. The molecular weight excluding hydrogens is 288 g/mol. The van der Waals surface area contributed by atoms with Crippen LogP contribution in [-0.2, 0) is 9.59 Å². The maximum absolute atomic E-state index is 13.1. The van der Waals surface area contributed by atoms with Crippen LogP contribution in [0.2, 0.25) is 0 Å². The topological polar surface area (TPSA) is 40.6 Å². The summed E-state index contributed by atoms with van der Waals surface area (Å²) in [6.45, 7) is 6.86. The van der Waals surface area contributed by atoms with E-state index in [2.05, 4.69) is 11.5 Å². The Kier molecular flexibility index (Phi) is 5.08. The summed E-state index contributed by atoms with van der Waals surface area (Å²) in [5.41, 5.74) is -0.288. The first-order valence-electron chi connectivity index (χ1n) is 9.33. The van der Waals surface area contributed by atoms with Gasteiger partial charge in [-0.2, -0.15) is 0 Å². The normalized spacial score (nSPS) is 29.3. The molecule has 1 aliphatic carbocycles. The standard InChI is InChI=1S/C19H30N2O2/c1-2-7-17(22)21-13-11-19(15-21)10-6-12-20(18(19)23)14-16-8-4-3-5-9-16/h2,16H,1,3-15H2/t19-/m1/s1. The van der Waals surface area contributed by atoms with Crippen LogP contribution in [0.5, 0.6) is 0 Å². The number of carbonyl (C=O) groups is 2. The fourth-order valence-electron chi connectivity index (χ4n) is 4.72. The van der Waals surface area contributed by atoms with Crippen LogP contribution in [0.1, 0.15) is 57.8 Å². The zero-order chi connectivity index (χ0) is 16.3. The van der Waals surface area contributed by atoms with Gasteiger partial charge in [0.25, 0.3) is 0 Å². The van der Waals surface area contributed by atoms with Crippen LogP contribution in [0.3, 0.4) is 0 Å². The molecule has 0 aromatic carbocycles. The Balaban J connectivity index is 1.62. The zero-order valence-electron chi connectivity index (χ0n) is 14.3. The number of amides is 2. The lowest BCUT2D eigenvalue weighted by molar-refractivity contribution is -0.147. The molecule has 4 heteroatoms. The van der Waals surface area contributed by atoms with Crippen LogP contribution in [0.15, 0.2) is 12.7 Å². The third-order valence-corrected chi connectivity index (χ3v) is 6.05. The summed E-state index contributed by atoms with van der Waals surface area (Å²) in [5.74, 6) is 1.14. The van der Waals surface area contributed by atoms with Crippen molar-refractivity contribution in [1.29, 1.82) is 0 Å². The Morgan fingerprint density at radius 2 is 1.96 bits per heavy atom. The molecule has 2 saturated heterocycles. The monoisotopic (exact) mass is 318 g/mol. The lowest BCUT2D eigenvalue weighted by Gasteiger charge is -2.41. The van der Waals surface area contributed by atoms with Gasteiger partial charge < -0.3 is 9.80 Å². The second-order valence-corrected chi connectivity index (χ2v) is 7.70. The predicted molar refractivity (Wildman–Crippen MR) is 90.8 cm³/mol. The molecular formula is C19H30N2O2. The van der Waals surface area contributed by atoms with Crippen molar-refractivity contribution in [2.75, 3.05) is 26.2 Å². The van der Waals surface area contributed by atoms with Gasteiger partial charge in [-0.05, 0) is 38.0 Å². The van der Waals surface area contributed by atoms with E-state index >= 15 is 0 Å². The molecule has 128 valence electrons. The van der Waals surface area contributed by atoms with Crippen molar-refractivity contribution in [3.05, 3.63) is 12.7 Å². The average Bonchev–Trinajstić information content (AvgIpc) is 2.99. The van der Waals surface area contributed by atoms with Gasteiger partial charge in [0, 0.05) is 32.6 Å². The molecule has 4 nitrogen and oxygen atoms in total. The van der Waals surface area contributed by atoms with Gasteiger partial charge in [0.15, 0.2) is 0 Å². The highest BCUT2D eigenvalue weighted by atomic mass is 16.2. The van der Waals surface area contributed by atoms with E-state index in [4.69, 9.17) is 0 Å². The lowest BCUT2D eigenvalue weighted by Crippen LogP contribution is -2.51. The third kappa shape index (κ3) is 3.46. The molecule has 0 aromatic heterocycles. The lowest BCUT2D eigenvalue weighted by atomic mass is 9.77. The van der Waals surface area contributed by atoms with Gasteiger partial charge in [0.1, 0.15) is 0 Å². The number of rotatable bonds is 4. The van der Waals surface area contributed by atoms with E-state index in [1.807, 2.05) is 4.90 Å². The molecule has 0 aromatic rings. The van der Waals surface area contributed by atoms with Gasteiger partial charge in [0.05, 0.1) is 5.41 Å². The highest BCUT2D eigenvalue weighted by Gasteiger charge is 2.49. The van der Waals surface area contributed by atoms with Crippen molar-refractivity contribution < 1.29 is 9.59 Å². The maximum atomic E-state index is 13.1. The first-order valence-corrected chi connectivity index (χ1v) is 9.33. The van der Waals surface area contributed by atoms with E-state index in [9.17, 15) is 9.59 Å². The van der Waals surface area contributed by atoms with Crippen molar-refractivity contribution in [3.63, 3.8) is 0 Å². The minimum absolute atomic E-state index is 0.120. The Bertz CT molecular complexity index is 470. The van der Waals surface area contributed by atoms with Crippen LogP contribution in [0, 0.1) is 11.3 Å². The summed E-state index contributed by atoms with van der Waals surface area (Å²) in [6, 6.07) is 0. The second-order valence-electron chi connectivity index (χ2n) is 7.70. The van der Waals surface area contributed by atoms with Crippen molar-refractivity contribution in [2.45, 2.75) is 57.8 Å². The molecule has 2 heterocycles. The number of nitrogens with zero attached hydrogens (tertiary/aromatic N) is 2. The molecule has 3 rings (SSSR count). The third-order valence-electron chi connectivity index (χ3n) is 6.05. The molecule has 23 heavy (non-hydrogen) atoms. The smallest absolute Gasteiger partial charge is 0.230 e. The number of hydrogen-bond acceptors (Lipinski definition) is 2. The van der Waals surface area contributed by atoms with Crippen molar-refractivity contribution in [1.82, 2.24) is 9.80 Å². The molecule has 1 atom stereocenters. The summed E-state index contributed by atoms with van der Waals surface area (Å²) in [5, 5.41) is 0. The second kappa shape index (κ2) is 7.06. The Morgan fingerprint density at radius 1 is 1.17 bits per heavy atom. The molecule has 2 aliphatic heterocycles. The largest absolute Gasteiger partial charge is 0.342 e. The first kappa shape index (κ1) is 16.5. The average molecular weight is 318 g/mol. The van der Waals surface area contributed by atoms with E-state index in [1.165, 1.54) is 32.1 Å². The highest BCUT2D eigenvalue weighted by Crippen LogP contribution is 2.41. The molecule has 0 bridgehead atoms. The van der Waals surface area contributed by atoms with Crippen LogP contribution in [0.25, 0.3) is 0 Å². The van der Waals surface area contributed by atoms with Gasteiger partial charge in [0.2, 0.25) is 11.8 Å². The van der Waals surface area contributed by atoms with Crippen molar-refractivity contribution in [3.8, 4) is 0 Å². The fourth-order valence-corrected chi connectivity index (χ4v) is 4.72. The number of piperidine rings is 1. The molecule has 0 radical (unpaired) electrons. The Morgan fingerprint density at radius 3 is 2.70 bits per heavy atom. The minimum atomic E-state index is -0.288. The summed E-state index contributed by atoms with van der Waals surface area (Å²) in [4.78, 5) is 29.2. The van der Waals surface area contributed by atoms with Gasteiger partial charge in [-0.3, -0.25) is 9.59 Å². The number of likely N-dealkylation sites (tertiary alicyclic amines) is 2. The summed E-state index contributed by atoms with van der Waals surface area (Å²) < 4.78 is 0. The van der Waals surface area contributed by atoms with E-state index < -0.39 is 0 Å². The molecule has 3 aliphatic rings. The molecule has 1 saturated carbocycles.